The van der Waals surface area contributed by atoms with Crippen LogP contribution in [-0.2, 0) is 11.2 Å². The van der Waals surface area contributed by atoms with Gasteiger partial charge in [-0.05, 0) is 18.1 Å². The molecule has 1 aliphatic heterocycles. The molecule has 21 heavy (non-hydrogen) atoms. The maximum atomic E-state index is 12.0. The Morgan fingerprint density at radius 2 is 2.19 bits per heavy atom. The van der Waals surface area contributed by atoms with Crippen LogP contribution in [0.25, 0.3) is 10.9 Å². The number of rotatable bonds is 4. The highest BCUT2D eigenvalue weighted by Crippen LogP contribution is 2.28. The molecule has 4 N–H and O–H groups in total. The molecule has 112 valence electrons. The summed E-state index contributed by atoms with van der Waals surface area (Å²) in [5.41, 5.74) is 5.94. The molecule has 1 atom stereocenters. The fraction of sp³-hybridized carbons (Fsp3) is 0.308. The van der Waals surface area contributed by atoms with Crippen LogP contribution in [0.1, 0.15) is 11.6 Å². The van der Waals surface area contributed by atoms with Gasteiger partial charge in [0.05, 0.1) is 23.5 Å². The maximum absolute atomic E-state index is 12.0. The van der Waals surface area contributed by atoms with E-state index in [0.29, 0.717) is 23.9 Å². The topological polar surface area (TPSA) is 110 Å². The highest BCUT2D eigenvalue weighted by Gasteiger charge is 2.26. The number of aromatic amines is 1. The van der Waals surface area contributed by atoms with Gasteiger partial charge in [0.25, 0.3) is 5.56 Å². The first-order valence-corrected chi connectivity index (χ1v) is 6.33. The van der Waals surface area contributed by atoms with Crippen molar-refractivity contribution in [1.82, 2.24) is 14.9 Å². The van der Waals surface area contributed by atoms with Crippen molar-refractivity contribution >= 4 is 29.2 Å². The molecule has 0 bridgehead atoms. The minimum absolute atomic E-state index is 0. The molecule has 1 aliphatic rings. The second-order valence-electron chi connectivity index (χ2n) is 4.90. The van der Waals surface area contributed by atoms with Crippen molar-refractivity contribution in [2.75, 3.05) is 13.1 Å². The van der Waals surface area contributed by atoms with Gasteiger partial charge in [0.15, 0.2) is 0 Å². The van der Waals surface area contributed by atoms with Crippen molar-refractivity contribution < 1.29 is 4.79 Å². The van der Waals surface area contributed by atoms with E-state index in [2.05, 4.69) is 10.3 Å². The van der Waals surface area contributed by atoms with E-state index in [1.165, 1.54) is 0 Å². The number of H-pyrrole nitrogens is 1. The average Bonchev–Trinajstić information content (AvgIpc) is 2.75. The highest BCUT2D eigenvalue weighted by molar-refractivity contribution is 5.85. The molecule has 1 unspecified atom stereocenters. The number of carbonyl (C=O) groups excluding carboxylic acids is 1. The number of para-hydroxylation sites is 1. The fourth-order valence-corrected chi connectivity index (χ4v) is 2.77. The van der Waals surface area contributed by atoms with E-state index in [9.17, 15) is 14.4 Å². The molecule has 2 heterocycles. The molecule has 1 amide bonds. The van der Waals surface area contributed by atoms with Crippen molar-refractivity contribution in [3.8, 4) is 0 Å². The Balaban J connectivity index is 0.00000161. The fourth-order valence-electron chi connectivity index (χ4n) is 2.77. The van der Waals surface area contributed by atoms with Gasteiger partial charge in [0.1, 0.15) is 0 Å². The number of hydrogen-bond donors (Lipinski definition) is 3. The summed E-state index contributed by atoms with van der Waals surface area (Å²) in [6.07, 6.45) is 0.648. The third kappa shape index (κ3) is 2.57. The van der Waals surface area contributed by atoms with E-state index >= 15 is 0 Å². The molecule has 0 saturated heterocycles. The lowest BCUT2D eigenvalue weighted by molar-refractivity contribution is -0.117. The van der Waals surface area contributed by atoms with E-state index in [0.717, 1.165) is 5.56 Å². The molecule has 2 aromatic rings. The predicted octanol–water partition coefficient (Wildman–Crippen LogP) is -0.716. The number of carbonyl (C=O) groups is 1. The first-order chi connectivity index (χ1) is 9.58. The number of amides is 1. The number of hydrogen-bond acceptors (Lipinski definition) is 4. The molecular weight excluding hydrogens is 296 g/mol. The van der Waals surface area contributed by atoms with Crippen LogP contribution in [0.2, 0.25) is 0 Å². The van der Waals surface area contributed by atoms with Gasteiger partial charge in [-0.2, -0.15) is 0 Å². The minimum atomic E-state index is -0.445. The smallest absolute Gasteiger partial charge is 0.329 e. The lowest BCUT2D eigenvalue weighted by Gasteiger charge is -2.14. The van der Waals surface area contributed by atoms with Gasteiger partial charge in [0.2, 0.25) is 5.91 Å². The summed E-state index contributed by atoms with van der Waals surface area (Å²) in [4.78, 5) is 36.9. The predicted molar refractivity (Wildman–Crippen MR) is 80.9 cm³/mol. The Morgan fingerprint density at radius 3 is 2.90 bits per heavy atom. The summed E-state index contributed by atoms with van der Waals surface area (Å²) < 4.78 is 1.58. The zero-order chi connectivity index (χ0) is 14.3. The van der Waals surface area contributed by atoms with Crippen LogP contribution in [0.5, 0.6) is 0 Å². The summed E-state index contributed by atoms with van der Waals surface area (Å²) in [7, 11) is 0. The normalized spacial score (nSPS) is 15.9. The molecule has 7 nitrogen and oxygen atoms in total. The van der Waals surface area contributed by atoms with Crippen molar-refractivity contribution in [2.45, 2.75) is 12.5 Å². The quantitative estimate of drug-likeness (QED) is 0.692. The molecule has 0 radical (unpaired) electrons. The first-order valence-electron chi connectivity index (χ1n) is 6.33. The van der Waals surface area contributed by atoms with Gasteiger partial charge in [0, 0.05) is 6.54 Å². The summed E-state index contributed by atoms with van der Waals surface area (Å²) >= 11 is 0. The lowest BCUT2D eigenvalue weighted by atomic mass is 10.1. The van der Waals surface area contributed by atoms with E-state index in [1.54, 1.807) is 16.7 Å². The van der Waals surface area contributed by atoms with Crippen molar-refractivity contribution in [2.24, 2.45) is 5.73 Å². The third-order valence-electron chi connectivity index (χ3n) is 3.54. The number of halogens is 1. The number of nitrogens with one attached hydrogen (secondary N) is 2. The van der Waals surface area contributed by atoms with E-state index in [1.807, 2.05) is 6.07 Å². The minimum Gasteiger partial charge on any atom is -0.369 e. The number of benzene rings is 1. The van der Waals surface area contributed by atoms with Crippen LogP contribution in [0.4, 0.5) is 0 Å². The van der Waals surface area contributed by atoms with Gasteiger partial charge in [-0.1, -0.05) is 12.1 Å². The largest absolute Gasteiger partial charge is 0.369 e. The van der Waals surface area contributed by atoms with Crippen LogP contribution in [0, 0.1) is 0 Å². The van der Waals surface area contributed by atoms with Crippen LogP contribution in [-0.4, -0.2) is 28.5 Å². The van der Waals surface area contributed by atoms with Crippen LogP contribution in [0.15, 0.2) is 27.8 Å². The molecule has 0 saturated carbocycles. The maximum Gasteiger partial charge on any atom is 0.329 e. The van der Waals surface area contributed by atoms with Crippen molar-refractivity contribution in [1.29, 1.82) is 0 Å². The van der Waals surface area contributed by atoms with E-state index in [-0.39, 0.29) is 30.6 Å². The van der Waals surface area contributed by atoms with Gasteiger partial charge >= 0.3 is 5.69 Å². The first kappa shape index (κ1) is 15.3. The number of nitrogens with zero attached hydrogens (tertiary/aromatic N) is 1. The average molecular weight is 311 g/mol. The summed E-state index contributed by atoms with van der Waals surface area (Å²) in [5.74, 6) is -0.445. The molecule has 1 aromatic heterocycles. The Bertz CT molecular complexity index is 811. The van der Waals surface area contributed by atoms with Gasteiger partial charge in [-0.15, -0.1) is 12.4 Å². The van der Waals surface area contributed by atoms with Crippen LogP contribution >= 0.6 is 12.4 Å². The number of aromatic nitrogens is 2. The second kappa shape index (κ2) is 5.71. The summed E-state index contributed by atoms with van der Waals surface area (Å²) in [6, 6.07) is 5.29. The monoisotopic (exact) mass is 310 g/mol. The van der Waals surface area contributed by atoms with Gasteiger partial charge in [-0.25, -0.2) is 4.79 Å². The standard InChI is InChI=1S/C13H14N4O3.ClH/c14-10(18)6-15-5-8-4-7-2-1-3-9-11(7)17(8)13(20)16-12(9)19;/h1-3,8,15H,4-6H2,(H2,14,18)(H,16,19,20);1H. The third-order valence-corrected chi connectivity index (χ3v) is 3.54. The molecule has 8 heteroatoms. The van der Waals surface area contributed by atoms with Crippen LogP contribution < -0.4 is 22.3 Å². The SMILES string of the molecule is Cl.NC(=O)CNCC1Cc2cccc3c(=O)[nH]c(=O)n1c23. The molecule has 0 spiro atoms. The lowest BCUT2D eigenvalue weighted by Crippen LogP contribution is -2.37. The summed E-state index contributed by atoms with van der Waals surface area (Å²) in [6.45, 7) is 0.507. The molecular formula is C13H15ClN4O3. The zero-order valence-electron chi connectivity index (χ0n) is 11.1. The Hall–Kier alpha value is -2.12. The van der Waals surface area contributed by atoms with E-state index < -0.39 is 11.6 Å². The van der Waals surface area contributed by atoms with Crippen LogP contribution in [0.3, 0.4) is 0 Å². The van der Waals surface area contributed by atoms with Gasteiger partial charge < -0.3 is 11.1 Å². The Labute approximate surface area is 125 Å². The molecule has 3 rings (SSSR count). The van der Waals surface area contributed by atoms with Crippen molar-refractivity contribution in [3.63, 3.8) is 0 Å². The van der Waals surface area contributed by atoms with Crippen molar-refractivity contribution in [3.05, 3.63) is 44.6 Å². The Kier molecular flexibility index (Phi) is 4.15. The summed E-state index contributed by atoms with van der Waals surface area (Å²) in [5, 5.41) is 3.43. The van der Waals surface area contributed by atoms with E-state index in [4.69, 9.17) is 5.73 Å². The van der Waals surface area contributed by atoms with Gasteiger partial charge in [-0.3, -0.25) is 19.1 Å². The number of nitrogens with two attached hydrogens (primary N) is 1. The Morgan fingerprint density at radius 1 is 1.43 bits per heavy atom. The highest BCUT2D eigenvalue weighted by atomic mass is 35.5. The number of primary amides is 1. The molecule has 1 aromatic carbocycles. The molecule has 0 aliphatic carbocycles. The zero-order valence-corrected chi connectivity index (χ0v) is 11.9. The second-order valence-corrected chi connectivity index (χ2v) is 4.90. The molecule has 0 fully saturated rings.